The molecule has 4 nitrogen and oxygen atoms in total. The second kappa shape index (κ2) is 5.61. The van der Waals surface area contributed by atoms with E-state index >= 15 is 0 Å². The molecule has 1 N–H and O–H groups in total. The van der Waals surface area contributed by atoms with Gasteiger partial charge >= 0.3 is 6.18 Å². The number of ether oxygens (including phenoxy) is 1. The number of hydrogen-bond acceptors (Lipinski definition) is 3. The van der Waals surface area contributed by atoms with E-state index in [0.29, 0.717) is 5.41 Å². The largest absolute Gasteiger partial charge is 0.468 e. The summed E-state index contributed by atoms with van der Waals surface area (Å²) in [5.74, 6) is 0.0950. The van der Waals surface area contributed by atoms with Gasteiger partial charge in [0.15, 0.2) is 6.61 Å². The highest BCUT2D eigenvalue weighted by Crippen LogP contribution is 2.59. The van der Waals surface area contributed by atoms with E-state index < -0.39 is 18.3 Å². The molecule has 0 radical (unpaired) electrons. The minimum Gasteiger partial charge on any atom is -0.468 e. The number of pyridine rings is 1. The normalized spacial score (nSPS) is 23.5. The van der Waals surface area contributed by atoms with E-state index in [1.165, 1.54) is 31.5 Å². The predicted molar refractivity (Wildman–Crippen MR) is 83.8 cm³/mol. The Morgan fingerprint density at radius 2 is 2.00 bits per heavy atom. The van der Waals surface area contributed by atoms with E-state index in [9.17, 15) is 18.0 Å². The summed E-state index contributed by atoms with van der Waals surface area (Å²) in [7, 11) is 0. The third-order valence-corrected chi connectivity index (χ3v) is 5.93. The quantitative estimate of drug-likeness (QED) is 0.877. The van der Waals surface area contributed by atoms with Crippen LogP contribution in [0.2, 0.25) is 0 Å². The van der Waals surface area contributed by atoms with Crippen LogP contribution in [-0.4, -0.2) is 23.7 Å². The summed E-state index contributed by atoms with van der Waals surface area (Å²) >= 11 is 0. The molecule has 3 saturated carbocycles. The van der Waals surface area contributed by atoms with Gasteiger partial charge in [-0.3, -0.25) is 4.79 Å². The molecule has 7 heteroatoms. The monoisotopic (exact) mass is 354 g/mol. The molecule has 0 saturated heterocycles. The van der Waals surface area contributed by atoms with Crippen LogP contribution in [0.25, 0.3) is 0 Å². The van der Waals surface area contributed by atoms with Gasteiger partial charge in [-0.15, -0.1) is 0 Å². The smallest absolute Gasteiger partial charge is 0.422 e. The van der Waals surface area contributed by atoms with Crippen molar-refractivity contribution in [2.45, 2.75) is 56.7 Å². The molecule has 3 aliphatic carbocycles. The van der Waals surface area contributed by atoms with Crippen molar-refractivity contribution in [1.82, 2.24) is 10.3 Å². The molecule has 1 aromatic rings. The van der Waals surface area contributed by atoms with Crippen molar-refractivity contribution >= 4 is 5.91 Å². The van der Waals surface area contributed by atoms with Crippen LogP contribution in [0.15, 0.2) is 18.3 Å². The SMILES string of the molecule is O=C(NC1(c2ccnc(OCC(F)(F)F)c2)CC1)C1CC2(CCC2)C1. The second-order valence-electron chi connectivity index (χ2n) is 7.82. The molecule has 0 unspecified atom stereocenters. The molecule has 0 bridgehead atoms. The first kappa shape index (κ1) is 16.7. The van der Waals surface area contributed by atoms with Crippen molar-refractivity contribution in [3.63, 3.8) is 0 Å². The summed E-state index contributed by atoms with van der Waals surface area (Å²) in [6.07, 6.45) is 4.33. The van der Waals surface area contributed by atoms with Crippen molar-refractivity contribution in [2.24, 2.45) is 11.3 Å². The maximum Gasteiger partial charge on any atom is 0.422 e. The molecule has 1 heterocycles. The summed E-state index contributed by atoms with van der Waals surface area (Å²) in [4.78, 5) is 16.3. The molecule has 3 aliphatic rings. The van der Waals surface area contributed by atoms with Crippen molar-refractivity contribution in [1.29, 1.82) is 0 Å². The molecule has 0 aliphatic heterocycles. The Morgan fingerprint density at radius 1 is 1.28 bits per heavy atom. The summed E-state index contributed by atoms with van der Waals surface area (Å²) in [5.41, 5.74) is 0.748. The van der Waals surface area contributed by atoms with Crippen molar-refractivity contribution in [3.05, 3.63) is 23.9 Å². The Balaban J connectivity index is 1.38. The van der Waals surface area contributed by atoms with Crippen LogP contribution in [0.5, 0.6) is 5.88 Å². The lowest BCUT2D eigenvalue weighted by Gasteiger charge is -2.53. The van der Waals surface area contributed by atoms with Crippen molar-refractivity contribution < 1.29 is 22.7 Å². The number of aromatic nitrogens is 1. The van der Waals surface area contributed by atoms with Gasteiger partial charge in [0.1, 0.15) is 0 Å². The third kappa shape index (κ3) is 3.33. The summed E-state index contributed by atoms with van der Waals surface area (Å²) in [6, 6.07) is 3.25. The Hall–Kier alpha value is -1.79. The number of amides is 1. The van der Waals surface area contributed by atoms with Crippen LogP contribution in [0.3, 0.4) is 0 Å². The second-order valence-corrected chi connectivity index (χ2v) is 7.82. The van der Waals surface area contributed by atoms with Gasteiger partial charge in [-0.2, -0.15) is 13.2 Å². The van der Waals surface area contributed by atoms with E-state index in [2.05, 4.69) is 10.3 Å². The molecule has 136 valence electrons. The van der Waals surface area contributed by atoms with Gasteiger partial charge in [0.2, 0.25) is 11.8 Å². The first-order valence-electron chi connectivity index (χ1n) is 8.78. The zero-order valence-electron chi connectivity index (χ0n) is 13.9. The molecular weight excluding hydrogens is 333 g/mol. The first-order valence-corrected chi connectivity index (χ1v) is 8.78. The van der Waals surface area contributed by atoms with E-state index in [4.69, 9.17) is 4.74 Å². The summed E-state index contributed by atoms with van der Waals surface area (Å²) in [6.45, 7) is -1.37. The highest BCUT2D eigenvalue weighted by atomic mass is 19.4. The lowest BCUT2D eigenvalue weighted by Crippen LogP contribution is -2.50. The van der Waals surface area contributed by atoms with Gasteiger partial charge in [0.05, 0.1) is 5.54 Å². The van der Waals surface area contributed by atoms with Crippen molar-refractivity contribution in [2.75, 3.05) is 6.61 Å². The molecule has 1 aromatic heterocycles. The van der Waals surface area contributed by atoms with Crippen LogP contribution in [0, 0.1) is 11.3 Å². The van der Waals surface area contributed by atoms with Gasteiger partial charge < -0.3 is 10.1 Å². The van der Waals surface area contributed by atoms with E-state index in [1.807, 2.05) is 0 Å². The molecular formula is C18H21F3N2O2. The van der Waals surface area contributed by atoms with Crippen LogP contribution in [-0.2, 0) is 10.3 Å². The predicted octanol–water partition coefficient (Wildman–Crippen LogP) is 3.71. The zero-order valence-corrected chi connectivity index (χ0v) is 13.9. The fourth-order valence-corrected chi connectivity index (χ4v) is 4.15. The highest BCUT2D eigenvalue weighted by molar-refractivity contribution is 5.81. The first-order chi connectivity index (χ1) is 11.8. The third-order valence-electron chi connectivity index (χ3n) is 5.93. The molecule has 25 heavy (non-hydrogen) atoms. The van der Waals surface area contributed by atoms with Gasteiger partial charge in [-0.25, -0.2) is 4.98 Å². The van der Waals surface area contributed by atoms with Gasteiger partial charge in [-0.05, 0) is 55.6 Å². The number of carbonyl (C=O) groups excluding carboxylic acids is 1. The molecule has 4 rings (SSSR count). The minimum absolute atomic E-state index is 0.0626. The molecule has 1 spiro atoms. The average molecular weight is 354 g/mol. The number of carbonyl (C=O) groups is 1. The molecule has 0 atom stereocenters. The number of hydrogen-bond donors (Lipinski definition) is 1. The number of nitrogens with zero attached hydrogens (tertiary/aromatic N) is 1. The number of rotatable bonds is 5. The summed E-state index contributed by atoms with van der Waals surface area (Å²) in [5, 5.41) is 3.13. The lowest BCUT2D eigenvalue weighted by atomic mass is 9.51. The zero-order chi connectivity index (χ0) is 17.7. The van der Waals surface area contributed by atoms with Crippen LogP contribution in [0.1, 0.15) is 50.5 Å². The van der Waals surface area contributed by atoms with E-state index in [0.717, 1.165) is 31.2 Å². The fourth-order valence-electron chi connectivity index (χ4n) is 4.15. The molecule has 1 amide bonds. The van der Waals surface area contributed by atoms with Crippen LogP contribution >= 0.6 is 0 Å². The highest BCUT2D eigenvalue weighted by Gasteiger charge is 2.53. The maximum atomic E-state index is 12.5. The van der Waals surface area contributed by atoms with Gasteiger partial charge in [0.25, 0.3) is 0 Å². The number of nitrogens with one attached hydrogen (secondary N) is 1. The van der Waals surface area contributed by atoms with Crippen LogP contribution < -0.4 is 10.1 Å². The number of halogens is 3. The molecule has 0 aromatic carbocycles. The Bertz CT molecular complexity index is 673. The fraction of sp³-hybridized carbons (Fsp3) is 0.667. The van der Waals surface area contributed by atoms with Gasteiger partial charge in [-0.1, -0.05) is 6.42 Å². The molecule has 3 fully saturated rings. The Kier molecular flexibility index (Phi) is 3.74. The van der Waals surface area contributed by atoms with Gasteiger partial charge in [0, 0.05) is 18.2 Å². The lowest BCUT2D eigenvalue weighted by molar-refractivity contribution is -0.154. The van der Waals surface area contributed by atoms with Crippen LogP contribution in [0.4, 0.5) is 13.2 Å². The minimum atomic E-state index is -4.40. The Labute approximate surface area is 144 Å². The van der Waals surface area contributed by atoms with E-state index in [-0.39, 0.29) is 17.7 Å². The topological polar surface area (TPSA) is 51.2 Å². The Morgan fingerprint density at radius 3 is 2.56 bits per heavy atom. The number of alkyl halides is 3. The average Bonchev–Trinajstić information content (AvgIpc) is 3.22. The standard InChI is InChI=1S/C18H21F3N2O2/c19-18(20,21)11-25-14-8-13(2-7-22-14)17(5-6-17)23-15(24)12-9-16(10-12)3-1-4-16/h2,7-8,12H,1,3-6,9-11H2,(H,23,24). The van der Waals surface area contributed by atoms with E-state index in [1.54, 1.807) is 6.07 Å². The maximum absolute atomic E-state index is 12.5. The van der Waals surface area contributed by atoms with Crippen molar-refractivity contribution in [3.8, 4) is 5.88 Å². The summed E-state index contributed by atoms with van der Waals surface area (Å²) < 4.78 is 41.6.